The Hall–Kier alpha value is -0.830. The number of nitrogens with one attached hydrogen (secondary N) is 1. The lowest BCUT2D eigenvalue weighted by Crippen LogP contribution is -2.33. The van der Waals surface area contributed by atoms with Crippen molar-refractivity contribution in [3.05, 3.63) is 18.0 Å². The van der Waals surface area contributed by atoms with Gasteiger partial charge in [-0.3, -0.25) is 4.68 Å². The van der Waals surface area contributed by atoms with E-state index < -0.39 is 0 Å². The van der Waals surface area contributed by atoms with E-state index in [1.54, 1.807) is 0 Å². The SMILES string of the molecule is CCn1cc(CNC2CCCCCC2C)cn1. The molecule has 2 unspecified atom stereocenters. The summed E-state index contributed by atoms with van der Waals surface area (Å²) in [5.74, 6) is 0.818. The van der Waals surface area contributed by atoms with Gasteiger partial charge >= 0.3 is 0 Å². The summed E-state index contributed by atoms with van der Waals surface area (Å²) in [6, 6.07) is 0.697. The molecule has 0 radical (unpaired) electrons. The van der Waals surface area contributed by atoms with E-state index in [1.165, 1.54) is 37.7 Å². The molecule has 0 spiro atoms. The highest BCUT2D eigenvalue weighted by Crippen LogP contribution is 2.23. The van der Waals surface area contributed by atoms with Gasteiger partial charge < -0.3 is 5.32 Å². The lowest BCUT2D eigenvalue weighted by Gasteiger charge is -2.22. The molecule has 1 aromatic heterocycles. The number of hydrogen-bond acceptors (Lipinski definition) is 2. The number of rotatable bonds is 4. The highest BCUT2D eigenvalue weighted by molar-refractivity contribution is 5.03. The zero-order valence-corrected chi connectivity index (χ0v) is 11.2. The zero-order chi connectivity index (χ0) is 12.1. The Balaban J connectivity index is 1.83. The van der Waals surface area contributed by atoms with Gasteiger partial charge in [0.2, 0.25) is 0 Å². The fourth-order valence-corrected chi connectivity index (χ4v) is 2.72. The standard InChI is InChI=1S/C14H25N3/c1-3-17-11-13(10-16-17)9-15-14-8-6-4-5-7-12(14)2/h10-12,14-15H,3-9H2,1-2H3. The van der Waals surface area contributed by atoms with E-state index in [0.717, 1.165) is 19.0 Å². The van der Waals surface area contributed by atoms with Gasteiger partial charge in [-0.15, -0.1) is 0 Å². The summed E-state index contributed by atoms with van der Waals surface area (Å²) >= 11 is 0. The van der Waals surface area contributed by atoms with Crippen LogP contribution in [-0.2, 0) is 13.1 Å². The van der Waals surface area contributed by atoms with E-state index in [4.69, 9.17) is 0 Å². The second-order valence-corrected chi connectivity index (χ2v) is 5.31. The maximum atomic E-state index is 4.31. The second-order valence-electron chi connectivity index (χ2n) is 5.31. The summed E-state index contributed by atoms with van der Waals surface area (Å²) < 4.78 is 1.99. The highest BCUT2D eigenvalue weighted by Gasteiger charge is 2.19. The van der Waals surface area contributed by atoms with Crippen molar-refractivity contribution in [1.29, 1.82) is 0 Å². The molecule has 1 saturated carbocycles. The maximum Gasteiger partial charge on any atom is 0.0534 e. The molecule has 1 aliphatic rings. The minimum atomic E-state index is 0.697. The third-order valence-electron chi connectivity index (χ3n) is 3.94. The first kappa shape index (κ1) is 12.6. The van der Waals surface area contributed by atoms with Crippen LogP contribution in [0.15, 0.2) is 12.4 Å². The molecule has 1 N–H and O–H groups in total. The lowest BCUT2D eigenvalue weighted by atomic mass is 9.97. The first-order chi connectivity index (χ1) is 8.29. The minimum absolute atomic E-state index is 0.697. The van der Waals surface area contributed by atoms with E-state index >= 15 is 0 Å². The number of nitrogens with zero attached hydrogens (tertiary/aromatic N) is 2. The first-order valence-electron chi connectivity index (χ1n) is 7.04. The van der Waals surface area contributed by atoms with Gasteiger partial charge in [-0.2, -0.15) is 5.10 Å². The molecule has 17 heavy (non-hydrogen) atoms. The molecule has 0 bridgehead atoms. The van der Waals surface area contributed by atoms with Crippen molar-refractivity contribution < 1.29 is 0 Å². The number of aromatic nitrogens is 2. The molecule has 1 aromatic rings. The van der Waals surface area contributed by atoms with E-state index in [-0.39, 0.29) is 0 Å². The summed E-state index contributed by atoms with van der Waals surface area (Å²) in [6.45, 7) is 6.44. The molecule has 2 rings (SSSR count). The van der Waals surface area contributed by atoms with Gasteiger partial charge in [0.25, 0.3) is 0 Å². The average molecular weight is 235 g/mol. The summed E-state index contributed by atoms with van der Waals surface area (Å²) in [7, 11) is 0. The van der Waals surface area contributed by atoms with Crippen molar-refractivity contribution in [2.75, 3.05) is 0 Å². The lowest BCUT2D eigenvalue weighted by molar-refractivity contribution is 0.356. The fourth-order valence-electron chi connectivity index (χ4n) is 2.72. The highest BCUT2D eigenvalue weighted by atomic mass is 15.3. The molecule has 3 heteroatoms. The van der Waals surface area contributed by atoms with Gasteiger partial charge in [0, 0.05) is 30.9 Å². The minimum Gasteiger partial charge on any atom is -0.310 e. The maximum absolute atomic E-state index is 4.31. The molecule has 0 aromatic carbocycles. The molecular weight excluding hydrogens is 210 g/mol. The second kappa shape index (κ2) is 6.20. The molecule has 3 nitrogen and oxygen atoms in total. The van der Waals surface area contributed by atoms with Gasteiger partial charge in [-0.1, -0.05) is 26.2 Å². The van der Waals surface area contributed by atoms with E-state index in [9.17, 15) is 0 Å². The summed E-state index contributed by atoms with van der Waals surface area (Å²) in [5.41, 5.74) is 1.31. The zero-order valence-electron chi connectivity index (χ0n) is 11.2. The van der Waals surface area contributed by atoms with Crippen LogP contribution < -0.4 is 5.32 Å². The normalized spacial score (nSPS) is 25.8. The predicted octanol–water partition coefficient (Wildman–Crippen LogP) is 2.96. The molecule has 0 saturated heterocycles. The molecule has 2 atom stereocenters. The Labute approximate surface area is 105 Å². The quantitative estimate of drug-likeness (QED) is 0.813. The van der Waals surface area contributed by atoms with Gasteiger partial charge in [0.15, 0.2) is 0 Å². The number of hydrogen-bond donors (Lipinski definition) is 1. The van der Waals surface area contributed by atoms with E-state index in [1.807, 2.05) is 10.9 Å². The van der Waals surface area contributed by atoms with Crippen LogP contribution in [0.3, 0.4) is 0 Å². The van der Waals surface area contributed by atoms with Gasteiger partial charge in [0.1, 0.15) is 0 Å². The van der Waals surface area contributed by atoms with Crippen molar-refractivity contribution in [1.82, 2.24) is 15.1 Å². The Morgan fingerprint density at radius 2 is 2.18 bits per heavy atom. The summed E-state index contributed by atoms with van der Waals surface area (Å²) in [4.78, 5) is 0. The molecule has 0 aliphatic heterocycles. The Morgan fingerprint density at radius 3 is 2.94 bits per heavy atom. The van der Waals surface area contributed by atoms with E-state index in [0.29, 0.717) is 6.04 Å². The van der Waals surface area contributed by atoms with Crippen molar-refractivity contribution in [2.24, 2.45) is 5.92 Å². The van der Waals surface area contributed by atoms with Crippen molar-refractivity contribution in [3.63, 3.8) is 0 Å². The van der Waals surface area contributed by atoms with Crippen molar-refractivity contribution in [2.45, 2.75) is 65.1 Å². The molecule has 1 aliphatic carbocycles. The Kier molecular flexibility index (Phi) is 4.60. The van der Waals surface area contributed by atoms with Gasteiger partial charge in [-0.25, -0.2) is 0 Å². The third-order valence-corrected chi connectivity index (χ3v) is 3.94. The summed E-state index contributed by atoms with van der Waals surface area (Å²) in [6.07, 6.45) is 11.1. The monoisotopic (exact) mass is 235 g/mol. The largest absolute Gasteiger partial charge is 0.310 e. The number of aryl methyl sites for hydroxylation is 1. The van der Waals surface area contributed by atoms with Gasteiger partial charge in [0.05, 0.1) is 6.20 Å². The van der Waals surface area contributed by atoms with Crippen LogP contribution in [0.25, 0.3) is 0 Å². The van der Waals surface area contributed by atoms with Crippen LogP contribution in [0.2, 0.25) is 0 Å². The fraction of sp³-hybridized carbons (Fsp3) is 0.786. The molecule has 1 fully saturated rings. The van der Waals surface area contributed by atoms with Crippen LogP contribution >= 0.6 is 0 Å². The summed E-state index contributed by atoms with van der Waals surface area (Å²) in [5, 5.41) is 8.02. The topological polar surface area (TPSA) is 29.9 Å². The predicted molar refractivity (Wildman–Crippen MR) is 70.8 cm³/mol. The molecular formula is C14H25N3. The van der Waals surface area contributed by atoms with Crippen LogP contribution in [0.5, 0.6) is 0 Å². The smallest absolute Gasteiger partial charge is 0.0534 e. The first-order valence-corrected chi connectivity index (χ1v) is 7.04. The average Bonchev–Trinajstić information content (AvgIpc) is 2.70. The Morgan fingerprint density at radius 1 is 1.35 bits per heavy atom. The van der Waals surface area contributed by atoms with Crippen LogP contribution in [0, 0.1) is 5.92 Å². The molecule has 96 valence electrons. The van der Waals surface area contributed by atoms with Gasteiger partial charge in [-0.05, 0) is 25.7 Å². The van der Waals surface area contributed by atoms with Crippen LogP contribution in [-0.4, -0.2) is 15.8 Å². The molecule has 0 amide bonds. The van der Waals surface area contributed by atoms with Crippen LogP contribution in [0.4, 0.5) is 0 Å². The molecule has 1 heterocycles. The van der Waals surface area contributed by atoms with Crippen molar-refractivity contribution in [3.8, 4) is 0 Å². The van der Waals surface area contributed by atoms with Crippen molar-refractivity contribution >= 4 is 0 Å². The van der Waals surface area contributed by atoms with E-state index in [2.05, 4.69) is 30.5 Å². The third kappa shape index (κ3) is 3.56. The van der Waals surface area contributed by atoms with Crippen LogP contribution in [0.1, 0.15) is 51.5 Å². The Bertz CT molecular complexity index is 332.